The molecule has 2 amide bonds. The van der Waals surface area contributed by atoms with Gasteiger partial charge in [-0.15, -0.1) is 0 Å². The fourth-order valence-corrected chi connectivity index (χ4v) is 5.80. The third-order valence-corrected chi connectivity index (χ3v) is 8.13. The molecule has 2 aliphatic heterocycles. The van der Waals surface area contributed by atoms with E-state index in [1.807, 2.05) is 35.5 Å². The van der Waals surface area contributed by atoms with Gasteiger partial charge in [0.25, 0.3) is 5.91 Å². The Morgan fingerprint density at radius 2 is 1.82 bits per heavy atom. The van der Waals surface area contributed by atoms with Gasteiger partial charge in [-0.25, -0.2) is 0 Å². The van der Waals surface area contributed by atoms with E-state index in [0.717, 1.165) is 86.3 Å². The number of amides is 2. The van der Waals surface area contributed by atoms with Gasteiger partial charge in [-0.05, 0) is 55.0 Å². The van der Waals surface area contributed by atoms with E-state index in [0.29, 0.717) is 19.1 Å². The molecule has 8 heteroatoms. The number of piperazine rings is 1. The summed E-state index contributed by atoms with van der Waals surface area (Å²) in [6, 6.07) is 16.8. The number of quaternary nitrogens is 1. The summed E-state index contributed by atoms with van der Waals surface area (Å²) in [6.07, 6.45) is 7.79. The van der Waals surface area contributed by atoms with Gasteiger partial charge in [-0.2, -0.15) is 5.10 Å². The van der Waals surface area contributed by atoms with Crippen molar-refractivity contribution in [3.63, 3.8) is 0 Å². The van der Waals surface area contributed by atoms with Crippen LogP contribution in [0, 0.1) is 5.92 Å². The lowest BCUT2D eigenvalue weighted by atomic mass is 9.95. The molecule has 1 atom stereocenters. The average molecular weight is 514 g/mol. The highest BCUT2D eigenvalue weighted by Crippen LogP contribution is 2.33. The van der Waals surface area contributed by atoms with Crippen molar-refractivity contribution in [3.05, 3.63) is 72.1 Å². The van der Waals surface area contributed by atoms with Crippen LogP contribution in [0.5, 0.6) is 0 Å². The number of rotatable bonds is 7. The molecule has 8 nitrogen and oxygen atoms in total. The Bertz CT molecular complexity index is 1250. The predicted molar refractivity (Wildman–Crippen MR) is 147 cm³/mol. The van der Waals surface area contributed by atoms with E-state index in [1.54, 1.807) is 0 Å². The molecule has 3 fully saturated rings. The number of nitrogens with two attached hydrogens (primary N) is 1. The van der Waals surface area contributed by atoms with E-state index < -0.39 is 0 Å². The van der Waals surface area contributed by atoms with Crippen LogP contribution in [0.25, 0.3) is 11.1 Å². The highest BCUT2D eigenvalue weighted by molar-refractivity contribution is 5.95. The summed E-state index contributed by atoms with van der Waals surface area (Å²) in [7, 11) is 0. The van der Waals surface area contributed by atoms with Crippen LogP contribution in [-0.2, 0) is 11.3 Å². The zero-order chi connectivity index (χ0) is 25.9. The molecule has 0 spiro atoms. The number of anilines is 1. The Balaban J connectivity index is 1.13. The summed E-state index contributed by atoms with van der Waals surface area (Å²) in [4.78, 5) is 33.3. The molecule has 1 aromatic heterocycles. The van der Waals surface area contributed by atoms with Crippen molar-refractivity contribution < 1.29 is 14.9 Å². The van der Waals surface area contributed by atoms with Gasteiger partial charge in [0.05, 0.1) is 38.3 Å². The summed E-state index contributed by atoms with van der Waals surface area (Å²) in [5.41, 5.74) is 5.14. The summed E-state index contributed by atoms with van der Waals surface area (Å²) in [6.45, 7) is 5.80. The van der Waals surface area contributed by atoms with Gasteiger partial charge >= 0.3 is 0 Å². The maximum absolute atomic E-state index is 13.8. The third kappa shape index (κ3) is 5.45. The summed E-state index contributed by atoms with van der Waals surface area (Å²) in [5.74, 6) is 0.364. The van der Waals surface area contributed by atoms with E-state index in [2.05, 4.69) is 55.6 Å². The van der Waals surface area contributed by atoms with Crippen LogP contribution in [-0.4, -0.2) is 77.1 Å². The van der Waals surface area contributed by atoms with Crippen LogP contribution in [0.2, 0.25) is 0 Å². The highest BCUT2D eigenvalue weighted by Gasteiger charge is 2.37. The normalized spacial score (nSPS) is 19.8. The first kappa shape index (κ1) is 24.7. The van der Waals surface area contributed by atoms with Gasteiger partial charge in [0.15, 0.2) is 0 Å². The van der Waals surface area contributed by atoms with Crippen LogP contribution < -0.4 is 10.2 Å². The molecule has 2 aromatic carbocycles. The minimum absolute atomic E-state index is 0.0217. The van der Waals surface area contributed by atoms with Crippen molar-refractivity contribution in [2.24, 2.45) is 5.92 Å². The monoisotopic (exact) mass is 513 g/mol. The van der Waals surface area contributed by atoms with E-state index in [4.69, 9.17) is 0 Å². The number of aromatic nitrogens is 2. The second kappa shape index (κ2) is 11.0. The first-order valence-corrected chi connectivity index (χ1v) is 14.0. The maximum atomic E-state index is 13.8. The van der Waals surface area contributed by atoms with Gasteiger partial charge in [0.2, 0.25) is 5.91 Å². The molecule has 0 unspecified atom stereocenters. The van der Waals surface area contributed by atoms with Crippen LogP contribution in [0.4, 0.5) is 5.69 Å². The lowest BCUT2D eigenvalue weighted by molar-refractivity contribution is -0.661. The number of hydrogen-bond acceptors (Lipinski definition) is 4. The van der Waals surface area contributed by atoms with E-state index in [-0.39, 0.29) is 17.7 Å². The number of nitrogens with one attached hydrogen (secondary N) is 1. The first-order valence-electron chi connectivity index (χ1n) is 14.0. The quantitative estimate of drug-likeness (QED) is 0.508. The molecule has 2 saturated heterocycles. The van der Waals surface area contributed by atoms with Gasteiger partial charge < -0.3 is 20.0 Å². The summed E-state index contributed by atoms with van der Waals surface area (Å²) >= 11 is 0. The molecule has 38 heavy (non-hydrogen) atoms. The molecular weight excluding hydrogens is 476 g/mol. The number of aromatic amines is 1. The number of nitrogens with zero attached hydrogens (tertiary/aromatic N) is 4. The number of hydrogen-bond donors (Lipinski definition) is 2. The number of H-pyrrole nitrogens is 1. The van der Waals surface area contributed by atoms with Crippen molar-refractivity contribution in [1.29, 1.82) is 0 Å². The lowest BCUT2D eigenvalue weighted by Gasteiger charge is -2.36. The standard InChI is InChI=1S/C30H36N6O2/c37-29(34-15-12-31-13-16-34)24-3-1-5-28(17-24)35-14-2-4-25(21-35)30(38)36(27-10-11-27)20-22-6-8-23(9-7-22)26-18-32-33-19-26/h1,3,5-9,17-19,25,27,31H,2,4,10-16,20-21H2,(H,32,33)/p+1/t25-/m1/s1. The molecule has 198 valence electrons. The molecule has 0 radical (unpaired) electrons. The van der Waals surface area contributed by atoms with Crippen LogP contribution in [0.1, 0.15) is 41.6 Å². The first-order chi connectivity index (χ1) is 18.7. The molecule has 3 N–H and O–H groups in total. The van der Waals surface area contributed by atoms with Crippen LogP contribution in [0.15, 0.2) is 60.9 Å². The van der Waals surface area contributed by atoms with Gasteiger partial charge in [0.1, 0.15) is 0 Å². The highest BCUT2D eigenvalue weighted by atomic mass is 16.2. The van der Waals surface area contributed by atoms with Gasteiger partial charge in [0, 0.05) is 48.7 Å². The Hall–Kier alpha value is -3.65. The summed E-state index contributed by atoms with van der Waals surface area (Å²) < 4.78 is 0. The van der Waals surface area contributed by atoms with E-state index in [9.17, 15) is 9.59 Å². The number of piperidine rings is 1. The van der Waals surface area contributed by atoms with Crippen molar-refractivity contribution in [2.45, 2.75) is 38.3 Å². The topological polar surface area (TPSA) is 89.2 Å². The second-order valence-corrected chi connectivity index (χ2v) is 10.9. The molecule has 0 bridgehead atoms. The average Bonchev–Trinajstić information content (AvgIpc) is 3.68. The third-order valence-electron chi connectivity index (χ3n) is 8.13. The van der Waals surface area contributed by atoms with Crippen LogP contribution in [0.3, 0.4) is 0 Å². The zero-order valence-corrected chi connectivity index (χ0v) is 21.9. The van der Waals surface area contributed by atoms with E-state index >= 15 is 0 Å². The van der Waals surface area contributed by atoms with Crippen molar-refractivity contribution >= 4 is 17.5 Å². The number of carbonyl (C=O) groups is 2. The molecule has 1 aliphatic carbocycles. The second-order valence-electron chi connectivity index (χ2n) is 10.9. The fraction of sp³-hybridized carbons (Fsp3) is 0.433. The zero-order valence-electron chi connectivity index (χ0n) is 21.9. The van der Waals surface area contributed by atoms with Crippen LogP contribution >= 0.6 is 0 Å². The lowest BCUT2D eigenvalue weighted by Crippen LogP contribution is -2.89. The Morgan fingerprint density at radius 1 is 1.00 bits per heavy atom. The Labute approximate surface area is 224 Å². The van der Waals surface area contributed by atoms with Gasteiger partial charge in [-0.1, -0.05) is 30.3 Å². The smallest absolute Gasteiger partial charge is 0.254 e. The van der Waals surface area contributed by atoms with E-state index in [1.165, 1.54) is 0 Å². The minimum Gasteiger partial charge on any atom is -0.371 e. The van der Waals surface area contributed by atoms with Crippen molar-refractivity contribution in [3.8, 4) is 11.1 Å². The molecule has 3 aliphatic rings. The number of carbonyl (C=O) groups excluding carboxylic acids is 2. The maximum Gasteiger partial charge on any atom is 0.254 e. The number of benzene rings is 2. The molecule has 1 saturated carbocycles. The van der Waals surface area contributed by atoms with Gasteiger partial charge in [-0.3, -0.25) is 14.7 Å². The SMILES string of the molecule is O=C(c1cccc(N2CCC[C@@H](C(=O)N(Cc3ccc(-c4cn[nH]c4)cc3)C3CC3)C2)c1)N1CC[NH2+]CC1. The van der Waals surface area contributed by atoms with Crippen molar-refractivity contribution in [2.75, 3.05) is 44.2 Å². The Kier molecular flexibility index (Phi) is 7.14. The molecular formula is C30H37N6O2+. The molecule has 6 rings (SSSR count). The fourth-order valence-electron chi connectivity index (χ4n) is 5.80. The molecule has 3 aromatic rings. The minimum atomic E-state index is -0.0217. The van der Waals surface area contributed by atoms with Crippen molar-refractivity contribution in [1.82, 2.24) is 20.0 Å². The Morgan fingerprint density at radius 3 is 2.55 bits per heavy atom. The largest absolute Gasteiger partial charge is 0.371 e. The molecule has 3 heterocycles. The predicted octanol–water partition coefficient (Wildman–Crippen LogP) is 2.50. The summed E-state index contributed by atoms with van der Waals surface area (Å²) in [5, 5.41) is 9.15.